The van der Waals surface area contributed by atoms with E-state index in [0.717, 1.165) is 25.7 Å². The smallest absolute Gasteiger partial charge is 0.321 e. The van der Waals surface area contributed by atoms with Crippen molar-refractivity contribution in [3.63, 3.8) is 0 Å². The van der Waals surface area contributed by atoms with E-state index in [1.54, 1.807) is 23.4 Å². The van der Waals surface area contributed by atoms with Crippen LogP contribution in [0.4, 0.5) is 10.5 Å². The van der Waals surface area contributed by atoms with Crippen molar-refractivity contribution in [2.75, 3.05) is 19.0 Å². The summed E-state index contributed by atoms with van der Waals surface area (Å²) in [6.45, 7) is 0.262. The van der Waals surface area contributed by atoms with E-state index in [0.29, 0.717) is 11.6 Å². The van der Waals surface area contributed by atoms with Gasteiger partial charge in [-0.1, -0.05) is 0 Å². The van der Waals surface area contributed by atoms with Crippen LogP contribution in [0.5, 0.6) is 0 Å². The minimum Gasteiger partial charge on any atom is -0.396 e. The molecule has 1 fully saturated rings. The van der Waals surface area contributed by atoms with E-state index in [2.05, 4.69) is 10.3 Å². The summed E-state index contributed by atoms with van der Waals surface area (Å²) in [6.07, 6.45) is 7.21. The average Bonchev–Trinajstić information content (AvgIpc) is 2.47. The summed E-state index contributed by atoms with van der Waals surface area (Å²) in [7, 11) is 1.83. The lowest BCUT2D eigenvalue weighted by Gasteiger charge is -2.34. The zero-order chi connectivity index (χ0) is 13.7. The molecule has 0 radical (unpaired) electrons. The Morgan fingerprint density at radius 2 is 2.21 bits per heavy atom. The number of anilines is 1. The first kappa shape index (κ1) is 13.8. The molecule has 1 aliphatic rings. The van der Waals surface area contributed by atoms with Gasteiger partial charge in [0, 0.05) is 25.9 Å². The third-order valence-electron chi connectivity index (χ3n) is 3.86. The first-order valence-corrected chi connectivity index (χ1v) is 6.75. The van der Waals surface area contributed by atoms with Crippen molar-refractivity contribution in [3.05, 3.63) is 24.5 Å². The lowest BCUT2D eigenvalue weighted by Crippen LogP contribution is -2.42. The van der Waals surface area contributed by atoms with Crippen LogP contribution in [0.2, 0.25) is 0 Å². The molecule has 0 spiro atoms. The monoisotopic (exact) mass is 263 g/mol. The molecule has 1 saturated carbocycles. The Bertz CT molecular complexity index is 402. The maximum atomic E-state index is 12.1. The second-order valence-electron chi connectivity index (χ2n) is 5.14. The minimum atomic E-state index is -0.0968. The summed E-state index contributed by atoms with van der Waals surface area (Å²) in [6, 6.07) is 3.78. The van der Waals surface area contributed by atoms with Gasteiger partial charge in [0.1, 0.15) is 0 Å². The molecule has 2 amide bonds. The fourth-order valence-corrected chi connectivity index (χ4v) is 2.53. The zero-order valence-electron chi connectivity index (χ0n) is 11.2. The molecule has 0 aromatic carbocycles. The van der Waals surface area contributed by atoms with E-state index < -0.39 is 0 Å². The van der Waals surface area contributed by atoms with E-state index in [1.165, 1.54) is 0 Å². The molecular weight excluding hydrogens is 242 g/mol. The van der Waals surface area contributed by atoms with Gasteiger partial charge in [0.25, 0.3) is 0 Å². The number of urea groups is 1. The third kappa shape index (κ3) is 3.67. The number of aliphatic hydroxyl groups excluding tert-OH is 1. The van der Waals surface area contributed by atoms with Crippen molar-refractivity contribution < 1.29 is 9.90 Å². The number of aromatic nitrogens is 1. The van der Waals surface area contributed by atoms with Crippen molar-refractivity contribution in [2.24, 2.45) is 5.92 Å². The second kappa shape index (κ2) is 6.52. The predicted octanol–water partition coefficient (Wildman–Crippen LogP) is 2.10. The molecule has 0 aliphatic heterocycles. The van der Waals surface area contributed by atoms with Gasteiger partial charge in [-0.3, -0.25) is 4.98 Å². The number of nitrogens with one attached hydrogen (secondary N) is 1. The van der Waals surface area contributed by atoms with Crippen molar-refractivity contribution >= 4 is 11.7 Å². The van der Waals surface area contributed by atoms with Gasteiger partial charge in [-0.25, -0.2) is 4.79 Å². The number of nitrogens with zero attached hydrogens (tertiary/aromatic N) is 2. The van der Waals surface area contributed by atoms with E-state index in [1.807, 2.05) is 13.1 Å². The fraction of sp³-hybridized carbons (Fsp3) is 0.571. The summed E-state index contributed by atoms with van der Waals surface area (Å²) >= 11 is 0. The van der Waals surface area contributed by atoms with Crippen LogP contribution in [0.1, 0.15) is 25.7 Å². The predicted molar refractivity (Wildman–Crippen MR) is 73.9 cm³/mol. The summed E-state index contributed by atoms with van der Waals surface area (Å²) in [5, 5.41) is 12.0. The highest BCUT2D eigenvalue weighted by Crippen LogP contribution is 2.26. The second-order valence-corrected chi connectivity index (χ2v) is 5.14. The molecule has 104 valence electrons. The molecule has 2 N–H and O–H groups in total. The summed E-state index contributed by atoms with van der Waals surface area (Å²) in [5.41, 5.74) is 0.711. The minimum absolute atomic E-state index is 0.0968. The number of carbonyl (C=O) groups excluding carboxylic acids is 1. The molecule has 5 nitrogen and oxygen atoms in total. The van der Waals surface area contributed by atoms with Crippen LogP contribution in [-0.4, -0.2) is 40.7 Å². The number of amides is 2. The van der Waals surface area contributed by atoms with Gasteiger partial charge >= 0.3 is 6.03 Å². The maximum absolute atomic E-state index is 12.1. The van der Waals surface area contributed by atoms with Crippen LogP contribution in [-0.2, 0) is 0 Å². The number of pyridine rings is 1. The molecule has 0 unspecified atom stereocenters. The van der Waals surface area contributed by atoms with Gasteiger partial charge in [-0.15, -0.1) is 0 Å². The largest absolute Gasteiger partial charge is 0.396 e. The molecule has 2 rings (SSSR count). The lowest BCUT2D eigenvalue weighted by molar-refractivity contribution is 0.139. The van der Waals surface area contributed by atoms with Gasteiger partial charge in [-0.2, -0.15) is 0 Å². The van der Waals surface area contributed by atoms with Crippen LogP contribution >= 0.6 is 0 Å². The molecule has 19 heavy (non-hydrogen) atoms. The molecular formula is C14H21N3O2. The van der Waals surface area contributed by atoms with E-state index in [9.17, 15) is 4.79 Å². The molecule has 1 aromatic heterocycles. The summed E-state index contributed by atoms with van der Waals surface area (Å²) in [4.78, 5) is 17.8. The Morgan fingerprint density at radius 1 is 1.47 bits per heavy atom. The highest BCUT2D eigenvalue weighted by molar-refractivity contribution is 5.89. The first-order valence-electron chi connectivity index (χ1n) is 6.75. The van der Waals surface area contributed by atoms with Crippen molar-refractivity contribution in [2.45, 2.75) is 31.7 Å². The van der Waals surface area contributed by atoms with Crippen LogP contribution in [0, 0.1) is 5.92 Å². The number of hydrogen-bond acceptors (Lipinski definition) is 3. The molecule has 1 aliphatic carbocycles. The Kier molecular flexibility index (Phi) is 4.74. The normalized spacial score (nSPS) is 22.8. The Morgan fingerprint density at radius 3 is 2.79 bits per heavy atom. The lowest BCUT2D eigenvalue weighted by atomic mass is 9.86. The molecule has 0 saturated heterocycles. The average molecular weight is 263 g/mol. The number of hydrogen-bond donors (Lipinski definition) is 2. The zero-order valence-corrected chi connectivity index (χ0v) is 11.2. The SMILES string of the molecule is CN(C(=O)Nc1cccnc1)C1CCC(CO)CC1. The Hall–Kier alpha value is -1.62. The third-order valence-corrected chi connectivity index (χ3v) is 3.86. The van der Waals surface area contributed by atoms with E-state index >= 15 is 0 Å². The highest BCUT2D eigenvalue weighted by atomic mass is 16.3. The van der Waals surface area contributed by atoms with Crippen LogP contribution in [0.15, 0.2) is 24.5 Å². The molecule has 1 aromatic rings. The van der Waals surface area contributed by atoms with Crippen molar-refractivity contribution in [1.82, 2.24) is 9.88 Å². The van der Waals surface area contributed by atoms with Gasteiger partial charge in [0.05, 0.1) is 11.9 Å². The topological polar surface area (TPSA) is 65.5 Å². The quantitative estimate of drug-likeness (QED) is 0.877. The van der Waals surface area contributed by atoms with Gasteiger partial charge < -0.3 is 15.3 Å². The number of rotatable bonds is 3. The summed E-state index contributed by atoms with van der Waals surface area (Å²) < 4.78 is 0. The van der Waals surface area contributed by atoms with E-state index in [-0.39, 0.29) is 18.7 Å². The van der Waals surface area contributed by atoms with Crippen LogP contribution in [0.3, 0.4) is 0 Å². The highest BCUT2D eigenvalue weighted by Gasteiger charge is 2.26. The van der Waals surface area contributed by atoms with Gasteiger partial charge in [0.15, 0.2) is 0 Å². The Labute approximate surface area is 113 Å². The summed E-state index contributed by atoms with van der Waals surface area (Å²) in [5.74, 6) is 0.408. The fourth-order valence-electron chi connectivity index (χ4n) is 2.53. The van der Waals surface area contributed by atoms with Crippen LogP contribution < -0.4 is 5.32 Å². The van der Waals surface area contributed by atoms with Crippen molar-refractivity contribution in [1.29, 1.82) is 0 Å². The molecule has 0 bridgehead atoms. The molecule has 0 atom stereocenters. The maximum Gasteiger partial charge on any atom is 0.321 e. The van der Waals surface area contributed by atoms with Gasteiger partial charge in [-0.05, 0) is 43.7 Å². The molecule has 5 heteroatoms. The molecule has 1 heterocycles. The van der Waals surface area contributed by atoms with E-state index in [4.69, 9.17) is 5.11 Å². The number of carbonyl (C=O) groups is 1. The first-order chi connectivity index (χ1) is 9.20. The Balaban J connectivity index is 1.86. The standard InChI is InChI=1S/C14H21N3O2/c1-17(13-6-4-11(10-18)5-7-13)14(19)16-12-3-2-8-15-9-12/h2-3,8-9,11,13,18H,4-7,10H2,1H3,(H,16,19). The van der Waals surface area contributed by atoms with Gasteiger partial charge in [0.2, 0.25) is 0 Å². The number of aliphatic hydroxyl groups is 1. The van der Waals surface area contributed by atoms with Crippen molar-refractivity contribution in [3.8, 4) is 0 Å². The van der Waals surface area contributed by atoms with Crippen LogP contribution in [0.25, 0.3) is 0 Å².